The minimum absolute atomic E-state index is 0.0259. The number of ether oxygens (including phenoxy) is 2. The van der Waals surface area contributed by atoms with Gasteiger partial charge in [-0.05, 0) is 66.3 Å². The average Bonchev–Trinajstić information content (AvgIpc) is 3.13. The highest BCUT2D eigenvalue weighted by Gasteiger charge is 2.12. The quantitative estimate of drug-likeness (QED) is 0.577. The Morgan fingerprint density at radius 3 is 2.57 bits per heavy atom. The molecule has 2 aromatic rings. The largest absolute Gasteiger partial charge is 0.452 e. The van der Waals surface area contributed by atoms with E-state index in [0.717, 1.165) is 25.3 Å². The first-order valence-electron chi connectivity index (χ1n) is 8.81. The van der Waals surface area contributed by atoms with E-state index < -0.39 is 25.1 Å². The van der Waals surface area contributed by atoms with Gasteiger partial charge in [-0.1, -0.05) is 18.2 Å². The molecular weight excluding hydrogens is 368 g/mol. The van der Waals surface area contributed by atoms with Gasteiger partial charge in [-0.15, -0.1) is 0 Å². The van der Waals surface area contributed by atoms with Gasteiger partial charge in [-0.25, -0.2) is 4.79 Å². The van der Waals surface area contributed by atoms with Gasteiger partial charge in [0.05, 0.1) is 0 Å². The Hall–Kier alpha value is -3.22. The van der Waals surface area contributed by atoms with E-state index in [0.29, 0.717) is 11.3 Å². The molecule has 0 saturated carbocycles. The van der Waals surface area contributed by atoms with Crippen molar-refractivity contribution in [2.45, 2.75) is 25.9 Å². The van der Waals surface area contributed by atoms with Crippen LogP contribution in [0.2, 0.25) is 0 Å². The molecule has 0 atom stereocenters. The molecule has 2 aromatic carbocycles. The lowest BCUT2D eigenvalue weighted by atomic mass is 10.1. The monoisotopic (exact) mass is 387 g/mol. The first-order chi connectivity index (χ1) is 13.5. The van der Waals surface area contributed by atoms with E-state index in [1.807, 2.05) is 18.2 Å². The number of rotatable bonds is 7. The van der Waals surface area contributed by atoms with Gasteiger partial charge >= 0.3 is 12.6 Å². The SMILES string of the molecule is O=C(COC(=O)/C=C/c1ccc(OC(F)F)cc1)Nc1ccc2c(c1)CCC2. The second-order valence-electron chi connectivity index (χ2n) is 6.27. The van der Waals surface area contributed by atoms with Crippen LogP contribution in [-0.4, -0.2) is 25.1 Å². The second kappa shape index (κ2) is 9.12. The third kappa shape index (κ3) is 5.64. The molecule has 0 unspecified atom stereocenters. The van der Waals surface area contributed by atoms with Crippen LogP contribution >= 0.6 is 0 Å². The fourth-order valence-electron chi connectivity index (χ4n) is 2.96. The van der Waals surface area contributed by atoms with E-state index in [1.54, 1.807) is 0 Å². The molecule has 0 aliphatic heterocycles. The van der Waals surface area contributed by atoms with Gasteiger partial charge < -0.3 is 14.8 Å². The number of carbonyl (C=O) groups excluding carboxylic acids is 2. The Labute approximate surface area is 161 Å². The Morgan fingerprint density at radius 1 is 1.07 bits per heavy atom. The third-order valence-electron chi connectivity index (χ3n) is 4.24. The highest BCUT2D eigenvalue weighted by Crippen LogP contribution is 2.24. The van der Waals surface area contributed by atoms with Crippen molar-refractivity contribution in [2.24, 2.45) is 0 Å². The summed E-state index contributed by atoms with van der Waals surface area (Å²) in [7, 11) is 0. The highest BCUT2D eigenvalue weighted by atomic mass is 19.3. The summed E-state index contributed by atoms with van der Waals surface area (Å²) in [6.45, 7) is -3.29. The Kier molecular flexibility index (Phi) is 6.37. The number of carbonyl (C=O) groups is 2. The van der Waals surface area contributed by atoms with Gasteiger partial charge in [-0.2, -0.15) is 8.78 Å². The summed E-state index contributed by atoms with van der Waals surface area (Å²) in [5.41, 5.74) is 3.83. The molecule has 0 spiro atoms. The van der Waals surface area contributed by atoms with Gasteiger partial charge in [0.1, 0.15) is 5.75 Å². The van der Waals surface area contributed by atoms with E-state index >= 15 is 0 Å². The number of hydrogen-bond donors (Lipinski definition) is 1. The number of benzene rings is 2. The van der Waals surface area contributed by atoms with Crippen LogP contribution in [-0.2, 0) is 27.2 Å². The summed E-state index contributed by atoms with van der Waals surface area (Å²) < 4.78 is 33.3. The smallest absolute Gasteiger partial charge is 0.387 e. The van der Waals surface area contributed by atoms with Crippen molar-refractivity contribution in [1.82, 2.24) is 0 Å². The first-order valence-corrected chi connectivity index (χ1v) is 8.81. The van der Waals surface area contributed by atoms with Crippen LogP contribution < -0.4 is 10.1 Å². The predicted octanol–water partition coefficient (Wildman–Crippen LogP) is 3.97. The normalized spacial score (nSPS) is 12.8. The highest BCUT2D eigenvalue weighted by molar-refractivity contribution is 5.94. The number of aryl methyl sites for hydroxylation is 2. The molecule has 7 heteroatoms. The zero-order valence-corrected chi connectivity index (χ0v) is 15.0. The molecule has 28 heavy (non-hydrogen) atoms. The molecule has 0 bridgehead atoms. The van der Waals surface area contributed by atoms with Gasteiger partial charge in [-0.3, -0.25) is 4.79 Å². The lowest BCUT2D eigenvalue weighted by Crippen LogP contribution is -2.20. The first kappa shape index (κ1) is 19.5. The number of amides is 1. The Morgan fingerprint density at radius 2 is 1.82 bits per heavy atom. The minimum Gasteiger partial charge on any atom is -0.452 e. The number of esters is 1. The van der Waals surface area contributed by atoms with E-state index in [4.69, 9.17) is 4.74 Å². The van der Waals surface area contributed by atoms with Crippen LogP contribution in [0, 0.1) is 0 Å². The summed E-state index contributed by atoms with van der Waals surface area (Å²) in [4.78, 5) is 23.7. The molecule has 5 nitrogen and oxygen atoms in total. The summed E-state index contributed by atoms with van der Waals surface area (Å²) >= 11 is 0. The maximum absolute atomic E-state index is 12.1. The molecule has 0 saturated heterocycles. The van der Waals surface area contributed by atoms with Crippen molar-refractivity contribution < 1.29 is 27.8 Å². The van der Waals surface area contributed by atoms with Crippen LogP contribution in [0.25, 0.3) is 6.08 Å². The summed E-state index contributed by atoms with van der Waals surface area (Å²) in [5.74, 6) is -1.08. The molecule has 0 fully saturated rings. The standard InChI is InChI=1S/C21H19F2NO4/c22-21(23)28-18-9-4-14(5-10-18)6-11-20(26)27-13-19(25)24-17-8-7-15-2-1-3-16(15)12-17/h4-12,21H,1-3,13H2,(H,24,25)/b11-6+. The maximum atomic E-state index is 12.1. The number of hydrogen-bond acceptors (Lipinski definition) is 4. The molecule has 0 heterocycles. The number of nitrogens with one attached hydrogen (secondary N) is 1. The van der Waals surface area contributed by atoms with Crippen molar-refractivity contribution in [3.05, 3.63) is 65.2 Å². The van der Waals surface area contributed by atoms with Gasteiger partial charge in [0.15, 0.2) is 6.61 Å². The lowest BCUT2D eigenvalue weighted by Gasteiger charge is -2.07. The topological polar surface area (TPSA) is 64.6 Å². The second-order valence-corrected chi connectivity index (χ2v) is 6.27. The van der Waals surface area contributed by atoms with E-state index in [9.17, 15) is 18.4 Å². The van der Waals surface area contributed by atoms with Crippen LogP contribution in [0.1, 0.15) is 23.1 Å². The number of alkyl halides is 2. The van der Waals surface area contributed by atoms with Crippen molar-refractivity contribution in [3.8, 4) is 5.75 Å². The summed E-state index contributed by atoms with van der Waals surface area (Å²) in [6, 6.07) is 11.5. The van der Waals surface area contributed by atoms with Gasteiger partial charge in [0, 0.05) is 11.8 Å². The zero-order valence-electron chi connectivity index (χ0n) is 15.0. The maximum Gasteiger partial charge on any atom is 0.387 e. The Bertz CT molecular complexity index is 878. The summed E-state index contributed by atoms with van der Waals surface area (Å²) in [5, 5.41) is 2.71. The lowest BCUT2D eigenvalue weighted by molar-refractivity contribution is -0.142. The molecule has 3 rings (SSSR count). The van der Waals surface area contributed by atoms with E-state index in [2.05, 4.69) is 10.1 Å². The fourth-order valence-corrected chi connectivity index (χ4v) is 2.96. The van der Waals surface area contributed by atoms with E-state index in [-0.39, 0.29) is 5.75 Å². The van der Waals surface area contributed by atoms with Crippen molar-refractivity contribution in [3.63, 3.8) is 0 Å². The molecule has 0 aromatic heterocycles. The minimum atomic E-state index is -2.89. The molecule has 1 aliphatic carbocycles. The molecule has 0 radical (unpaired) electrons. The number of halogens is 2. The third-order valence-corrected chi connectivity index (χ3v) is 4.24. The molecule has 146 valence electrons. The van der Waals surface area contributed by atoms with Crippen molar-refractivity contribution >= 4 is 23.6 Å². The fraction of sp³-hybridized carbons (Fsp3) is 0.238. The van der Waals surface area contributed by atoms with E-state index in [1.165, 1.54) is 41.5 Å². The molecule has 1 amide bonds. The predicted molar refractivity (Wildman–Crippen MR) is 100 cm³/mol. The zero-order chi connectivity index (χ0) is 19.9. The van der Waals surface area contributed by atoms with Crippen molar-refractivity contribution in [1.29, 1.82) is 0 Å². The van der Waals surface area contributed by atoms with Gasteiger partial charge in [0.25, 0.3) is 5.91 Å². The van der Waals surface area contributed by atoms with Crippen LogP contribution in [0.4, 0.5) is 14.5 Å². The molecule has 1 N–H and O–H groups in total. The Balaban J connectivity index is 1.44. The number of fused-ring (bicyclic) bond motifs is 1. The number of anilines is 1. The van der Waals surface area contributed by atoms with Crippen LogP contribution in [0.3, 0.4) is 0 Å². The average molecular weight is 387 g/mol. The van der Waals surface area contributed by atoms with Crippen LogP contribution in [0.15, 0.2) is 48.5 Å². The van der Waals surface area contributed by atoms with Crippen LogP contribution in [0.5, 0.6) is 5.75 Å². The van der Waals surface area contributed by atoms with Gasteiger partial charge in [0.2, 0.25) is 0 Å². The molecule has 1 aliphatic rings. The molecular formula is C21H19F2NO4. The summed E-state index contributed by atoms with van der Waals surface area (Å²) in [6.07, 6.45) is 5.81. The van der Waals surface area contributed by atoms with Crippen molar-refractivity contribution in [2.75, 3.05) is 11.9 Å².